The molecule has 8 heteroatoms. The van der Waals surface area contributed by atoms with Crippen LogP contribution in [0.15, 0.2) is 36.5 Å². The molecule has 6 nitrogen and oxygen atoms in total. The van der Waals surface area contributed by atoms with Crippen LogP contribution in [0.3, 0.4) is 0 Å². The van der Waals surface area contributed by atoms with Crippen LogP contribution in [-0.4, -0.2) is 25.6 Å². The lowest BCUT2D eigenvalue weighted by Crippen LogP contribution is -2.29. The van der Waals surface area contributed by atoms with Crippen LogP contribution >= 0.6 is 0 Å². The summed E-state index contributed by atoms with van der Waals surface area (Å²) in [6, 6.07) is 6.75. The van der Waals surface area contributed by atoms with Crippen LogP contribution < -0.4 is 9.46 Å². The van der Waals surface area contributed by atoms with Gasteiger partial charge < -0.3 is 4.74 Å². The number of nitrogens with zero attached hydrogens (tertiary/aromatic N) is 1. The van der Waals surface area contributed by atoms with Crippen LogP contribution in [0.25, 0.3) is 0 Å². The number of carbonyl (C=O) groups is 1. The van der Waals surface area contributed by atoms with Crippen molar-refractivity contribution in [2.45, 2.75) is 6.92 Å². The molecule has 116 valence electrons. The first-order valence-electron chi connectivity index (χ1n) is 6.17. The summed E-state index contributed by atoms with van der Waals surface area (Å²) in [5.74, 6) is -1.45. The number of hydrogen-bond donors (Lipinski definition) is 1. The number of hydrogen-bond acceptors (Lipinski definition) is 5. The van der Waals surface area contributed by atoms with E-state index in [0.717, 1.165) is 18.0 Å². The zero-order valence-electron chi connectivity index (χ0n) is 11.8. The third-order valence-electron chi connectivity index (χ3n) is 2.58. The van der Waals surface area contributed by atoms with Gasteiger partial charge in [0.1, 0.15) is 5.75 Å². The predicted molar refractivity (Wildman–Crippen MR) is 77.8 cm³/mol. The molecule has 0 unspecified atom stereocenters. The van der Waals surface area contributed by atoms with Crippen molar-refractivity contribution in [3.8, 4) is 11.5 Å². The fourth-order valence-corrected chi connectivity index (χ4v) is 2.05. The Kier molecular flexibility index (Phi) is 4.41. The Balaban J connectivity index is 2.19. The molecule has 0 aliphatic carbocycles. The summed E-state index contributed by atoms with van der Waals surface area (Å²) in [7, 11) is -3.71. The van der Waals surface area contributed by atoms with E-state index in [9.17, 15) is 17.6 Å². The van der Waals surface area contributed by atoms with Crippen molar-refractivity contribution in [3.05, 3.63) is 53.6 Å². The number of nitrogens with one attached hydrogen (secondary N) is 1. The summed E-state index contributed by atoms with van der Waals surface area (Å²) in [5.41, 5.74) is 0.665. The SMILES string of the molecule is Cc1ccc(Oc2ccc(C(=O)NS(C)(=O)=O)cc2F)cn1. The Bertz CT molecular complexity index is 804. The van der Waals surface area contributed by atoms with Crippen LogP contribution in [0.5, 0.6) is 11.5 Å². The van der Waals surface area contributed by atoms with Gasteiger partial charge in [0.25, 0.3) is 5.91 Å². The van der Waals surface area contributed by atoms with E-state index in [1.54, 1.807) is 23.8 Å². The Hall–Kier alpha value is -2.48. The number of halogens is 1. The first-order valence-corrected chi connectivity index (χ1v) is 8.06. The van der Waals surface area contributed by atoms with Gasteiger partial charge in [-0.3, -0.25) is 9.78 Å². The van der Waals surface area contributed by atoms with E-state index in [0.29, 0.717) is 5.75 Å². The van der Waals surface area contributed by atoms with Gasteiger partial charge in [0.2, 0.25) is 10.0 Å². The lowest BCUT2D eigenvalue weighted by molar-refractivity contribution is 0.0981. The molecule has 0 atom stereocenters. The molecule has 1 amide bonds. The molecule has 1 heterocycles. The fourth-order valence-electron chi connectivity index (χ4n) is 1.59. The predicted octanol–water partition coefficient (Wildman–Crippen LogP) is 2.01. The standard InChI is InChI=1S/C14H13FN2O4S/c1-9-3-5-11(8-16-9)21-13-6-4-10(7-12(13)15)14(18)17-22(2,19)20/h3-8H,1-2H3,(H,17,18). The van der Waals surface area contributed by atoms with Gasteiger partial charge in [-0.15, -0.1) is 0 Å². The number of aromatic nitrogens is 1. The molecule has 1 aromatic heterocycles. The van der Waals surface area contributed by atoms with Gasteiger partial charge in [0.05, 0.1) is 12.5 Å². The highest BCUT2D eigenvalue weighted by Gasteiger charge is 2.14. The van der Waals surface area contributed by atoms with Crippen molar-refractivity contribution < 1.29 is 22.3 Å². The molecule has 0 bridgehead atoms. The van der Waals surface area contributed by atoms with Gasteiger partial charge >= 0.3 is 0 Å². The topological polar surface area (TPSA) is 85.4 Å². The summed E-state index contributed by atoms with van der Waals surface area (Å²) in [6.45, 7) is 1.81. The minimum Gasteiger partial charge on any atom is -0.453 e. The number of ether oxygens (including phenoxy) is 1. The molecule has 1 N–H and O–H groups in total. The highest BCUT2D eigenvalue weighted by molar-refractivity contribution is 7.89. The molecule has 0 spiro atoms. The second-order valence-electron chi connectivity index (χ2n) is 4.59. The minimum absolute atomic E-state index is 0.0958. The molecule has 0 radical (unpaired) electrons. The maximum absolute atomic E-state index is 13.9. The van der Waals surface area contributed by atoms with Crippen LogP contribution in [0.1, 0.15) is 16.1 Å². The smallest absolute Gasteiger partial charge is 0.264 e. The summed E-state index contributed by atoms with van der Waals surface area (Å²) >= 11 is 0. The van der Waals surface area contributed by atoms with Crippen molar-refractivity contribution in [1.82, 2.24) is 9.71 Å². The van der Waals surface area contributed by atoms with Gasteiger partial charge in [0, 0.05) is 11.3 Å². The number of rotatable bonds is 4. The van der Waals surface area contributed by atoms with Gasteiger partial charge in [-0.2, -0.15) is 0 Å². The minimum atomic E-state index is -3.71. The molecular weight excluding hydrogens is 311 g/mol. The van der Waals surface area contributed by atoms with Crippen molar-refractivity contribution in [3.63, 3.8) is 0 Å². The number of pyridine rings is 1. The van der Waals surface area contributed by atoms with E-state index < -0.39 is 21.7 Å². The number of carbonyl (C=O) groups excluding carboxylic acids is 1. The summed E-state index contributed by atoms with van der Waals surface area (Å²) in [4.78, 5) is 15.6. The Morgan fingerprint density at radius 3 is 2.55 bits per heavy atom. The highest BCUT2D eigenvalue weighted by Crippen LogP contribution is 2.24. The third-order valence-corrected chi connectivity index (χ3v) is 3.14. The summed E-state index contributed by atoms with van der Waals surface area (Å²) in [6.07, 6.45) is 2.28. The van der Waals surface area contributed by atoms with E-state index in [1.165, 1.54) is 18.3 Å². The van der Waals surface area contributed by atoms with Crippen LogP contribution in [0.2, 0.25) is 0 Å². The van der Waals surface area contributed by atoms with Crippen LogP contribution in [-0.2, 0) is 10.0 Å². The van der Waals surface area contributed by atoms with Gasteiger partial charge in [0.15, 0.2) is 11.6 Å². The second-order valence-corrected chi connectivity index (χ2v) is 6.33. The normalized spacial score (nSPS) is 11.0. The molecule has 0 aliphatic heterocycles. The van der Waals surface area contributed by atoms with E-state index in [1.807, 2.05) is 0 Å². The molecule has 0 saturated heterocycles. The fraction of sp³-hybridized carbons (Fsp3) is 0.143. The number of amides is 1. The molecule has 0 aliphatic rings. The summed E-state index contributed by atoms with van der Waals surface area (Å²) < 4.78 is 43.0. The quantitative estimate of drug-likeness (QED) is 0.930. The Morgan fingerprint density at radius 1 is 1.27 bits per heavy atom. The van der Waals surface area contributed by atoms with Crippen molar-refractivity contribution in [1.29, 1.82) is 0 Å². The summed E-state index contributed by atoms with van der Waals surface area (Å²) in [5, 5.41) is 0. The van der Waals surface area contributed by atoms with Gasteiger partial charge in [-0.1, -0.05) is 0 Å². The van der Waals surface area contributed by atoms with Crippen molar-refractivity contribution in [2.75, 3.05) is 6.26 Å². The first-order chi connectivity index (χ1) is 10.2. The number of aryl methyl sites for hydroxylation is 1. The average Bonchev–Trinajstić information content (AvgIpc) is 2.41. The van der Waals surface area contributed by atoms with Crippen molar-refractivity contribution in [2.24, 2.45) is 0 Å². The van der Waals surface area contributed by atoms with Crippen LogP contribution in [0.4, 0.5) is 4.39 Å². The Labute approximate surface area is 127 Å². The molecule has 22 heavy (non-hydrogen) atoms. The van der Waals surface area contributed by atoms with Crippen LogP contribution in [0, 0.1) is 12.7 Å². The Morgan fingerprint density at radius 2 is 2.00 bits per heavy atom. The highest BCUT2D eigenvalue weighted by atomic mass is 32.2. The molecular formula is C14H13FN2O4S. The molecule has 2 aromatic rings. The third kappa shape index (κ3) is 4.26. The number of sulfonamides is 1. The lowest BCUT2D eigenvalue weighted by atomic mass is 10.2. The maximum Gasteiger partial charge on any atom is 0.264 e. The zero-order chi connectivity index (χ0) is 16.3. The largest absolute Gasteiger partial charge is 0.453 e. The van der Waals surface area contributed by atoms with E-state index in [4.69, 9.17) is 4.74 Å². The molecule has 0 saturated carbocycles. The van der Waals surface area contributed by atoms with Crippen molar-refractivity contribution >= 4 is 15.9 Å². The van der Waals surface area contributed by atoms with E-state index in [2.05, 4.69) is 4.98 Å². The average molecular weight is 324 g/mol. The monoisotopic (exact) mass is 324 g/mol. The molecule has 0 fully saturated rings. The molecule has 2 rings (SSSR count). The zero-order valence-corrected chi connectivity index (χ0v) is 12.6. The lowest BCUT2D eigenvalue weighted by Gasteiger charge is -2.08. The van der Waals surface area contributed by atoms with Gasteiger partial charge in [-0.05, 0) is 37.3 Å². The van der Waals surface area contributed by atoms with E-state index in [-0.39, 0.29) is 11.3 Å². The first kappa shape index (κ1) is 15.9. The van der Waals surface area contributed by atoms with E-state index >= 15 is 0 Å². The van der Waals surface area contributed by atoms with Gasteiger partial charge in [-0.25, -0.2) is 17.5 Å². The molecule has 1 aromatic carbocycles. The maximum atomic E-state index is 13.9. The number of benzene rings is 1. The second kappa shape index (κ2) is 6.10.